The summed E-state index contributed by atoms with van der Waals surface area (Å²) in [5, 5.41) is 19.5. The van der Waals surface area contributed by atoms with Crippen LogP contribution in [0.2, 0.25) is 0 Å². The molecule has 23 heavy (non-hydrogen) atoms. The van der Waals surface area contributed by atoms with Crippen molar-refractivity contribution in [2.24, 2.45) is 0 Å². The van der Waals surface area contributed by atoms with Gasteiger partial charge in [0.2, 0.25) is 11.6 Å². The highest BCUT2D eigenvalue weighted by molar-refractivity contribution is 5.76. The molecule has 1 saturated heterocycles. The van der Waals surface area contributed by atoms with Gasteiger partial charge in [-0.05, 0) is 13.0 Å². The van der Waals surface area contributed by atoms with Crippen LogP contribution in [-0.2, 0) is 4.74 Å². The first-order valence-corrected chi connectivity index (χ1v) is 6.86. The lowest BCUT2D eigenvalue weighted by Crippen LogP contribution is -2.42. The predicted molar refractivity (Wildman–Crippen MR) is 79.1 cm³/mol. The highest BCUT2D eigenvalue weighted by Gasteiger charge is 2.57. The minimum Gasteiger partial charge on any atom is -0.394 e. The van der Waals surface area contributed by atoms with Crippen LogP contribution in [0.4, 0.5) is 10.3 Å². The first kappa shape index (κ1) is 15.5. The molecule has 1 aliphatic heterocycles. The molecule has 2 aromatic rings. The van der Waals surface area contributed by atoms with Crippen molar-refractivity contribution in [1.82, 2.24) is 14.5 Å². The highest BCUT2D eigenvalue weighted by atomic mass is 19.1. The number of nitrogens with one attached hydrogen (secondary N) is 1. The number of aromatic nitrogens is 3. The third kappa shape index (κ3) is 2.19. The quantitative estimate of drug-likeness (QED) is 0.541. The van der Waals surface area contributed by atoms with Gasteiger partial charge in [0, 0.05) is 6.20 Å². The van der Waals surface area contributed by atoms with Gasteiger partial charge in [-0.25, -0.2) is 4.39 Å². The van der Waals surface area contributed by atoms with E-state index in [0.717, 1.165) is 0 Å². The molecule has 3 heterocycles. The number of anilines is 1. The summed E-state index contributed by atoms with van der Waals surface area (Å²) in [5.41, 5.74) is 2.68. The molecule has 8 nitrogen and oxygen atoms in total. The number of nitrogen functional groups attached to an aromatic ring is 1. The third-order valence-corrected chi connectivity index (χ3v) is 3.79. The Morgan fingerprint density at radius 1 is 1.65 bits per heavy atom. The maximum atomic E-state index is 15.3. The molecule has 0 radical (unpaired) electrons. The van der Waals surface area contributed by atoms with E-state index >= 15 is 4.39 Å². The fourth-order valence-corrected chi connectivity index (χ4v) is 2.74. The van der Waals surface area contributed by atoms with Gasteiger partial charge in [0.15, 0.2) is 11.9 Å². The third-order valence-electron chi connectivity index (χ3n) is 3.79. The monoisotopic (exact) mass is 322 g/mol. The molecule has 0 aromatic carbocycles. The van der Waals surface area contributed by atoms with E-state index in [2.05, 4.69) is 21.8 Å². The van der Waals surface area contributed by atoms with Crippen LogP contribution in [0.1, 0.15) is 13.2 Å². The molecule has 0 spiro atoms. The van der Waals surface area contributed by atoms with Crippen molar-refractivity contribution in [3.05, 3.63) is 22.6 Å². The number of H-pyrrole nitrogens is 1. The molecule has 0 saturated carbocycles. The highest BCUT2D eigenvalue weighted by Crippen LogP contribution is 2.42. The summed E-state index contributed by atoms with van der Waals surface area (Å²) in [6.45, 7) is 0.843. The molecule has 1 aliphatic rings. The molecule has 1 fully saturated rings. The molecule has 9 heteroatoms. The summed E-state index contributed by atoms with van der Waals surface area (Å²) >= 11 is 0. The molecule has 3 rings (SSSR count). The Hall–Kier alpha value is -2.41. The van der Waals surface area contributed by atoms with Crippen LogP contribution in [0.3, 0.4) is 0 Å². The van der Waals surface area contributed by atoms with Gasteiger partial charge in [-0.1, -0.05) is 5.92 Å². The number of aliphatic hydroxyl groups is 2. The summed E-state index contributed by atoms with van der Waals surface area (Å²) in [4.78, 5) is 18.2. The molecule has 2 aromatic heterocycles. The van der Waals surface area contributed by atoms with Crippen molar-refractivity contribution in [2.75, 3.05) is 12.3 Å². The van der Waals surface area contributed by atoms with Crippen LogP contribution in [0.25, 0.3) is 11.0 Å². The van der Waals surface area contributed by atoms with Crippen LogP contribution in [0.5, 0.6) is 0 Å². The van der Waals surface area contributed by atoms with Crippen molar-refractivity contribution in [1.29, 1.82) is 0 Å². The number of ether oxygens (including phenoxy) is 1. The lowest BCUT2D eigenvalue weighted by atomic mass is 9.96. The Morgan fingerprint density at radius 2 is 2.39 bits per heavy atom. The molecule has 5 N–H and O–H groups in total. The van der Waals surface area contributed by atoms with Crippen molar-refractivity contribution in [2.45, 2.75) is 31.0 Å². The number of hydrogen-bond donors (Lipinski definition) is 4. The minimum atomic E-state index is -2.47. The van der Waals surface area contributed by atoms with Crippen molar-refractivity contribution < 1.29 is 19.3 Å². The second kappa shape index (κ2) is 5.34. The number of rotatable bonds is 2. The van der Waals surface area contributed by atoms with E-state index in [0.29, 0.717) is 0 Å². The van der Waals surface area contributed by atoms with Gasteiger partial charge in [0.05, 0.1) is 12.0 Å². The first-order valence-electron chi connectivity index (χ1n) is 6.86. The summed E-state index contributed by atoms with van der Waals surface area (Å²) in [6.07, 6.45) is -2.78. The van der Waals surface area contributed by atoms with Gasteiger partial charge in [-0.3, -0.25) is 9.78 Å². The van der Waals surface area contributed by atoms with Gasteiger partial charge in [0.25, 0.3) is 5.56 Å². The number of aliphatic hydroxyl groups excluding tert-OH is 2. The topological polar surface area (TPSA) is 126 Å². The summed E-state index contributed by atoms with van der Waals surface area (Å²) in [5.74, 6) is 4.58. The lowest BCUT2D eigenvalue weighted by Gasteiger charge is -2.24. The van der Waals surface area contributed by atoms with E-state index in [9.17, 15) is 15.0 Å². The number of hydrogen-bond acceptors (Lipinski definition) is 6. The Bertz CT molecular complexity index is 867. The summed E-state index contributed by atoms with van der Waals surface area (Å²) in [7, 11) is 0. The maximum absolute atomic E-state index is 15.3. The number of nitrogens with zero attached hydrogens (tertiary/aromatic N) is 2. The molecule has 0 aliphatic carbocycles. The fourth-order valence-electron chi connectivity index (χ4n) is 2.74. The van der Waals surface area contributed by atoms with Crippen molar-refractivity contribution in [3.8, 4) is 11.8 Å². The van der Waals surface area contributed by atoms with Gasteiger partial charge in [-0.2, -0.15) is 4.98 Å². The number of halogens is 1. The smallest absolute Gasteiger partial charge is 0.261 e. The van der Waals surface area contributed by atoms with E-state index in [1.807, 2.05) is 0 Å². The van der Waals surface area contributed by atoms with E-state index in [-0.39, 0.29) is 17.0 Å². The zero-order chi connectivity index (χ0) is 16.8. The molecular weight excluding hydrogens is 307 g/mol. The Kier molecular flexibility index (Phi) is 3.60. The van der Waals surface area contributed by atoms with Gasteiger partial charge in [-0.15, -0.1) is 5.92 Å². The average Bonchev–Trinajstić information content (AvgIpc) is 3.01. The molecule has 2 unspecified atom stereocenters. The molecule has 122 valence electrons. The largest absolute Gasteiger partial charge is 0.394 e. The average molecular weight is 322 g/mol. The maximum Gasteiger partial charge on any atom is 0.261 e. The second-order valence-electron chi connectivity index (χ2n) is 5.21. The van der Waals surface area contributed by atoms with Crippen LogP contribution < -0.4 is 11.3 Å². The van der Waals surface area contributed by atoms with Crippen molar-refractivity contribution >= 4 is 17.0 Å². The van der Waals surface area contributed by atoms with Gasteiger partial charge in [0.1, 0.15) is 12.2 Å². The Balaban J connectivity index is 2.20. The van der Waals surface area contributed by atoms with Crippen LogP contribution >= 0.6 is 0 Å². The molecule has 4 atom stereocenters. The zero-order valence-electron chi connectivity index (χ0n) is 12.2. The Labute approximate surface area is 129 Å². The number of aromatic amines is 1. The van der Waals surface area contributed by atoms with Crippen LogP contribution in [-0.4, -0.2) is 49.2 Å². The zero-order valence-corrected chi connectivity index (χ0v) is 12.2. The minimum absolute atomic E-state index is 0.0990. The summed E-state index contributed by atoms with van der Waals surface area (Å²) < 4.78 is 21.9. The molecule has 0 bridgehead atoms. The van der Waals surface area contributed by atoms with Gasteiger partial charge >= 0.3 is 0 Å². The number of fused-ring (bicyclic) bond motifs is 1. The standard InChI is InChI=1S/C14H15FN4O4/c1-2-4-14(15)9(21)8(6-20)23-12(14)19-5-3-7-10(19)17-13(16)18-11(7)22/h3,5,8-9,12,20-21H,6H2,1H3,(H3,16,17,18,22)/t8?,9?,12-,14-/m1/s1. The lowest BCUT2D eigenvalue weighted by molar-refractivity contribution is -0.0501. The first-order chi connectivity index (χ1) is 10.9. The second-order valence-corrected chi connectivity index (χ2v) is 5.21. The van der Waals surface area contributed by atoms with Crippen LogP contribution in [0.15, 0.2) is 17.1 Å². The normalized spacial score (nSPS) is 30.3. The van der Waals surface area contributed by atoms with Gasteiger partial charge < -0.3 is 25.3 Å². The van der Waals surface area contributed by atoms with Crippen molar-refractivity contribution in [3.63, 3.8) is 0 Å². The molecule has 0 amide bonds. The van der Waals surface area contributed by atoms with Crippen LogP contribution in [0, 0.1) is 11.8 Å². The van der Waals surface area contributed by atoms with E-state index in [1.165, 1.54) is 23.8 Å². The predicted octanol–water partition coefficient (Wildman–Crippen LogP) is -0.711. The van der Waals surface area contributed by atoms with E-state index in [4.69, 9.17) is 10.5 Å². The SMILES string of the molecule is CC#C[C@@]1(F)C(O)C(CO)O[C@H]1n1ccc2c(=O)[nH]c(N)nc21. The Morgan fingerprint density at radius 3 is 3.04 bits per heavy atom. The number of nitrogens with two attached hydrogens (primary N) is 1. The van der Waals surface area contributed by atoms with E-state index < -0.39 is 36.3 Å². The summed E-state index contributed by atoms with van der Waals surface area (Å²) in [6, 6.07) is 1.43. The van der Waals surface area contributed by atoms with E-state index in [1.54, 1.807) is 0 Å². The fraction of sp³-hybridized carbons (Fsp3) is 0.429. The number of alkyl halides is 1. The molecular formula is C14H15FN4O4.